The van der Waals surface area contributed by atoms with Crippen LogP contribution < -0.4 is 0 Å². The minimum Gasteiger partial charge on any atom is -0.299 e. The zero-order valence-corrected chi connectivity index (χ0v) is 7.62. The van der Waals surface area contributed by atoms with E-state index in [1.165, 1.54) is 0 Å². The fourth-order valence-corrected chi connectivity index (χ4v) is 1.26. The van der Waals surface area contributed by atoms with Gasteiger partial charge in [0, 0.05) is 12.3 Å². The molecule has 0 aromatic rings. The third kappa shape index (κ3) is 3.04. The summed E-state index contributed by atoms with van der Waals surface area (Å²) in [6.45, 7) is 2.00. The molecular weight excluding hydrogens is 148 g/mol. The van der Waals surface area contributed by atoms with E-state index < -0.39 is 0 Å². The van der Waals surface area contributed by atoms with E-state index in [9.17, 15) is 4.79 Å². The quantitative estimate of drug-likeness (QED) is 0.503. The molecule has 0 N–H and O–H groups in total. The lowest BCUT2D eigenvalue weighted by Gasteiger charge is -2.06. The van der Waals surface area contributed by atoms with E-state index in [2.05, 4.69) is 18.2 Å². The Kier molecular flexibility index (Phi) is 3.78. The van der Waals surface area contributed by atoms with Gasteiger partial charge in [-0.2, -0.15) is 0 Å². The van der Waals surface area contributed by atoms with E-state index in [4.69, 9.17) is 0 Å². The van der Waals surface area contributed by atoms with Crippen LogP contribution in [0.25, 0.3) is 0 Å². The molecule has 0 saturated carbocycles. The molecule has 0 bridgehead atoms. The molecule has 1 nitrogen and oxygen atoms in total. The summed E-state index contributed by atoms with van der Waals surface area (Å²) < 4.78 is 0. The van der Waals surface area contributed by atoms with E-state index in [-0.39, 0.29) is 5.92 Å². The minimum atomic E-state index is 0.198. The normalized spacial score (nSPS) is 31.1. The van der Waals surface area contributed by atoms with Crippen LogP contribution in [-0.4, -0.2) is 5.78 Å². The first-order chi connectivity index (χ1) is 5.80. The van der Waals surface area contributed by atoms with Crippen molar-refractivity contribution in [1.29, 1.82) is 0 Å². The van der Waals surface area contributed by atoms with Gasteiger partial charge in [-0.25, -0.2) is 0 Å². The average Bonchev–Trinajstić information content (AvgIpc) is 2.08. The van der Waals surface area contributed by atoms with E-state index in [0.29, 0.717) is 12.2 Å². The van der Waals surface area contributed by atoms with Crippen molar-refractivity contribution >= 4 is 5.78 Å². The zero-order valence-electron chi connectivity index (χ0n) is 7.62. The molecule has 1 unspecified atom stereocenters. The van der Waals surface area contributed by atoms with Crippen LogP contribution in [0.2, 0.25) is 0 Å². The van der Waals surface area contributed by atoms with E-state index in [1.807, 2.05) is 13.0 Å². The standard InChI is InChI=1S/C11H16O/c1-10-8-6-4-2-3-5-7-9-11(10)12/h4-7,10H,2-3,8-9H2,1H3/b6-4-,7-5-. The van der Waals surface area contributed by atoms with Crippen LogP contribution in [-0.2, 0) is 4.79 Å². The second-order valence-corrected chi connectivity index (χ2v) is 3.33. The van der Waals surface area contributed by atoms with E-state index >= 15 is 0 Å². The largest absolute Gasteiger partial charge is 0.299 e. The van der Waals surface area contributed by atoms with Gasteiger partial charge in [0.15, 0.2) is 0 Å². The van der Waals surface area contributed by atoms with Gasteiger partial charge in [-0.15, -0.1) is 0 Å². The Labute approximate surface area is 74.2 Å². The maximum Gasteiger partial charge on any atom is 0.139 e. The molecule has 12 heavy (non-hydrogen) atoms. The van der Waals surface area contributed by atoms with Crippen molar-refractivity contribution in [3.63, 3.8) is 0 Å². The van der Waals surface area contributed by atoms with Gasteiger partial charge in [-0.1, -0.05) is 31.2 Å². The Morgan fingerprint density at radius 2 is 1.83 bits per heavy atom. The molecule has 1 aliphatic carbocycles. The highest BCUT2D eigenvalue weighted by molar-refractivity contribution is 5.82. The Morgan fingerprint density at radius 1 is 1.17 bits per heavy atom. The third-order valence-corrected chi connectivity index (χ3v) is 2.19. The van der Waals surface area contributed by atoms with E-state index in [1.54, 1.807) is 0 Å². The highest BCUT2D eigenvalue weighted by Crippen LogP contribution is 2.10. The summed E-state index contributed by atoms with van der Waals surface area (Å²) in [5.74, 6) is 0.557. The molecule has 0 radical (unpaired) electrons. The number of carbonyl (C=O) groups excluding carboxylic acids is 1. The second-order valence-electron chi connectivity index (χ2n) is 3.33. The Morgan fingerprint density at radius 3 is 2.58 bits per heavy atom. The molecule has 0 fully saturated rings. The van der Waals surface area contributed by atoms with Gasteiger partial charge in [0.05, 0.1) is 0 Å². The van der Waals surface area contributed by atoms with Gasteiger partial charge >= 0.3 is 0 Å². The zero-order chi connectivity index (χ0) is 8.81. The fraction of sp³-hybridized carbons (Fsp3) is 0.545. The molecule has 0 saturated heterocycles. The molecule has 0 heterocycles. The van der Waals surface area contributed by atoms with Crippen molar-refractivity contribution in [3.8, 4) is 0 Å². The van der Waals surface area contributed by atoms with Crippen LogP contribution in [0.5, 0.6) is 0 Å². The van der Waals surface area contributed by atoms with Crippen molar-refractivity contribution in [1.82, 2.24) is 0 Å². The second kappa shape index (κ2) is 4.91. The maximum atomic E-state index is 11.3. The van der Waals surface area contributed by atoms with Gasteiger partial charge in [0.1, 0.15) is 5.78 Å². The van der Waals surface area contributed by atoms with Crippen molar-refractivity contribution in [2.24, 2.45) is 5.92 Å². The molecule has 0 aliphatic heterocycles. The van der Waals surface area contributed by atoms with Crippen molar-refractivity contribution in [2.75, 3.05) is 0 Å². The molecule has 0 amide bonds. The SMILES string of the molecule is CC1C/C=C\CC/C=C\CC1=O. The van der Waals surface area contributed by atoms with Gasteiger partial charge < -0.3 is 0 Å². The molecule has 1 atom stereocenters. The van der Waals surface area contributed by atoms with Crippen LogP contribution in [0.4, 0.5) is 0 Å². The number of hydrogen-bond donors (Lipinski definition) is 0. The molecule has 0 spiro atoms. The van der Waals surface area contributed by atoms with Crippen LogP contribution in [0.3, 0.4) is 0 Å². The Bertz CT molecular complexity index is 201. The lowest BCUT2D eigenvalue weighted by molar-refractivity contribution is -0.121. The van der Waals surface area contributed by atoms with Crippen LogP contribution in [0, 0.1) is 5.92 Å². The number of Topliss-reactive ketones (excluding diaryl/α,β-unsaturated/α-hetero) is 1. The topological polar surface area (TPSA) is 17.1 Å². The molecular formula is C11H16O. The molecule has 0 aromatic carbocycles. The highest BCUT2D eigenvalue weighted by Gasteiger charge is 2.09. The number of allylic oxidation sites excluding steroid dienone is 4. The van der Waals surface area contributed by atoms with Crippen LogP contribution >= 0.6 is 0 Å². The summed E-state index contributed by atoms with van der Waals surface area (Å²) in [6.07, 6.45) is 12.1. The van der Waals surface area contributed by atoms with Crippen molar-refractivity contribution in [3.05, 3.63) is 24.3 Å². The highest BCUT2D eigenvalue weighted by atomic mass is 16.1. The maximum absolute atomic E-state index is 11.3. The molecule has 66 valence electrons. The summed E-state index contributed by atoms with van der Waals surface area (Å²) >= 11 is 0. The van der Waals surface area contributed by atoms with Crippen LogP contribution in [0.1, 0.15) is 32.6 Å². The first-order valence-corrected chi connectivity index (χ1v) is 4.63. The monoisotopic (exact) mass is 164 g/mol. The predicted octanol–water partition coefficient (Wildman–Crippen LogP) is 2.88. The third-order valence-electron chi connectivity index (χ3n) is 2.19. The number of hydrogen-bond acceptors (Lipinski definition) is 1. The number of carbonyl (C=O) groups is 1. The summed E-state index contributed by atoms with van der Waals surface area (Å²) in [6, 6.07) is 0. The van der Waals surface area contributed by atoms with Gasteiger partial charge in [0.25, 0.3) is 0 Å². The van der Waals surface area contributed by atoms with Gasteiger partial charge in [0.2, 0.25) is 0 Å². The summed E-state index contributed by atoms with van der Waals surface area (Å²) in [4.78, 5) is 11.3. The molecule has 1 heteroatoms. The number of rotatable bonds is 0. The molecule has 0 aromatic heterocycles. The lowest BCUT2D eigenvalue weighted by Crippen LogP contribution is -2.08. The lowest BCUT2D eigenvalue weighted by atomic mass is 9.98. The van der Waals surface area contributed by atoms with Gasteiger partial charge in [-0.3, -0.25) is 4.79 Å². The molecule has 1 aliphatic rings. The van der Waals surface area contributed by atoms with Crippen molar-refractivity contribution < 1.29 is 4.79 Å². The summed E-state index contributed by atoms with van der Waals surface area (Å²) in [5.41, 5.74) is 0. The predicted molar refractivity (Wildman–Crippen MR) is 50.9 cm³/mol. The van der Waals surface area contributed by atoms with E-state index in [0.717, 1.165) is 19.3 Å². The Hall–Kier alpha value is -0.850. The molecule has 1 rings (SSSR count). The fourth-order valence-electron chi connectivity index (χ4n) is 1.26. The first-order valence-electron chi connectivity index (χ1n) is 4.63. The Balaban J connectivity index is 2.53. The van der Waals surface area contributed by atoms with Crippen molar-refractivity contribution in [2.45, 2.75) is 32.6 Å². The average molecular weight is 164 g/mol. The number of ketones is 1. The first kappa shape index (κ1) is 9.24. The minimum absolute atomic E-state index is 0.198. The van der Waals surface area contributed by atoms with Crippen LogP contribution in [0.15, 0.2) is 24.3 Å². The smallest absolute Gasteiger partial charge is 0.139 e. The summed E-state index contributed by atoms with van der Waals surface area (Å²) in [5, 5.41) is 0. The van der Waals surface area contributed by atoms with Gasteiger partial charge in [-0.05, 0) is 19.3 Å². The summed E-state index contributed by atoms with van der Waals surface area (Å²) in [7, 11) is 0.